The smallest absolute Gasteiger partial charge is 0.319 e. The van der Waals surface area contributed by atoms with Gasteiger partial charge in [-0.05, 0) is 29.8 Å². The van der Waals surface area contributed by atoms with E-state index in [1.807, 2.05) is 0 Å². The van der Waals surface area contributed by atoms with Crippen molar-refractivity contribution in [1.29, 1.82) is 0 Å². The zero-order valence-corrected chi connectivity index (χ0v) is 11.3. The fraction of sp³-hybridized carbons (Fsp3) is 0.133. The van der Waals surface area contributed by atoms with Crippen molar-refractivity contribution in [3.8, 4) is 0 Å². The summed E-state index contributed by atoms with van der Waals surface area (Å²) in [7, 11) is 0. The second kappa shape index (κ2) is 6.95. The molecule has 0 spiro atoms. The number of benzene rings is 2. The largest absolute Gasteiger partial charge is 0.387 e. The van der Waals surface area contributed by atoms with Crippen LogP contribution in [-0.4, -0.2) is 17.7 Å². The molecule has 2 rings (SSSR count). The molecular weight excluding hydrogens is 297 g/mol. The summed E-state index contributed by atoms with van der Waals surface area (Å²) in [6.45, 7) is -0.196. The molecule has 0 radical (unpaired) electrons. The summed E-state index contributed by atoms with van der Waals surface area (Å²) in [6.07, 6.45) is -1.11. The lowest BCUT2D eigenvalue weighted by atomic mass is 10.1. The summed E-state index contributed by atoms with van der Waals surface area (Å²) in [5.74, 6) is -2.18. The minimum atomic E-state index is -1.11. The number of carbonyl (C=O) groups is 1. The Morgan fingerprint density at radius 1 is 1.09 bits per heavy atom. The van der Waals surface area contributed by atoms with E-state index in [2.05, 4.69) is 10.6 Å². The highest BCUT2D eigenvalue weighted by Crippen LogP contribution is 2.15. The Bertz CT molecular complexity index is 680. The Morgan fingerprint density at radius 2 is 1.82 bits per heavy atom. The maximum absolute atomic E-state index is 13.3. The van der Waals surface area contributed by atoms with Gasteiger partial charge in [0.05, 0.1) is 11.8 Å². The predicted molar refractivity (Wildman–Crippen MR) is 74.7 cm³/mol. The maximum atomic E-state index is 13.3. The van der Waals surface area contributed by atoms with Crippen molar-refractivity contribution < 1.29 is 23.1 Å². The van der Waals surface area contributed by atoms with Gasteiger partial charge in [0, 0.05) is 12.6 Å². The van der Waals surface area contributed by atoms with Crippen molar-refractivity contribution in [2.75, 3.05) is 11.9 Å². The van der Waals surface area contributed by atoms with Gasteiger partial charge in [0.1, 0.15) is 17.5 Å². The van der Waals surface area contributed by atoms with E-state index in [9.17, 15) is 23.1 Å². The lowest BCUT2D eigenvalue weighted by molar-refractivity contribution is 0.174. The number of halogens is 3. The Hall–Kier alpha value is -2.54. The van der Waals surface area contributed by atoms with Gasteiger partial charge in [0.2, 0.25) is 0 Å². The van der Waals surface area contributed by atoms with Gasteiger partial charge < -0.3 is 15.7 Å². The molecule has 2 amide bonds. The van der Waals surface area contributed by atoms with Gasteiger partial charge in [-0.25, -0.2) is 18.0 Å². The van der Waals surface area contributed by atoms with Crippen molar-refractivity contribution in [3.63, 3.8) is 0 Å². The van der Waals surface area contributed by atoms with Crippen LogP contribution in [0.4, 0.5) is 23.7 Å². The van der Waals surface area contributed by atoms with Gasteiger partial charge in [0.15, 0.2) is 0 Å². The van der Waals surface area contributed by atoms with Crippen LogP contribution < -0.4 is 10.6 Å². The van der Waals surface area contributed by atoms with E-state index in [0.29, 0.717) is 11.6 Å². The molecule has 2 aromatic rings. The van der Waals surface area contributed by atoms with Gasteiger partial charge in [0.25, 0.3) is 0 Å². The molecule has 0 aliphatic rings. The minimum absolute atomic E-state index is 0.195. The molecule has 0 bridgehead atoms. The molecule has 0 fully saturated rings. The third kappa shape index (κ3) is 4.23. The van der Waals surface area contributed by atoms with Crippen LogP contribution in [0.15, 0.2) is 42.5 Å². The number of aliphatic hydroxyl groups is 1. The fourth-order valence-corrected chi connectivity index (χ4v) is 1.78. The molecule has 0 heterocycles. The lowest BCUT2D eigenvalue weighted by Crippen LogP contribution is -2.32. The molecule has 4 nitrogen and oxygen atoms in total. The number of carbonyl (C=O) groups excluding carboxylic acids is 1. The number of aliphatic hydroxyl groups excluding tert-OH is 1. The SMILES string of the molecule is O=C(NC[C@H](O)c1cccc(F)c1)Nc1ccc(F)cc1F. The average molecular weight is 310 g/mol. The topological polar surface area (TPSA) is 61.4 Å². The average Bonchev–Trinajstić information content (AvgIpc) is 2.47. The summed E-state index contributed by atoms with van der Waals surface area (Å²) < 4.78 is 39.1. The molecule has 3 N–H and O–H groups in total. The van der Waals surface area contributed by atoms with Crippen LogP contribution >= 0.6 is 0 Å². The first-order valence-corrected chi connectivity index (χ1v) is 6.39. The summed E-state index contributed by atoms with van der Waals surface area (Å²) in [5, 5.41) is 14.3. The van der Waals surface area contributed by atoms with Crippen LogP contribution in [0, 0.1) is 17.5 Å². The summed E-state index contributed by atoms with van der Waals surface area (Å²) >= 11 is 0. The van der Waals surface area contributed by atoms with Crippen LogP contribution in [0.1, 0.15) is 11.7 Å². The second-order valence-electron chi connectivity index (χ2n) is 4.53. The number of anilines is 1. The Balaban J connectivity index is 1.90. The van der Waals surface area contributed by atoms with Crippen molar-refractivity contribution in [3.05, 3.63) is 65.5 Å². The molecule has 22 heavy (non-hydrogen) atoms. The van der Waals surface area contributed by atoms with Crippen LogP contribution in [0.25, 0.3) is 0 Å². The molecule has 2 aromatic carbocycles. The summed E-state index contributed by atoms with van der Waals surface area (Å²) in [4.78, 5) is 11.6. The third-order valence-electron chi connectivity index (χ3n) is 2.87. The van der Waals surface area contributed by atoms with Crippen LogP contribution in [0.2, 0.25) is 0 Å². The quantitative estimate of drug-likeness (QED) is 0.813. The van der Waals surface area contributed by atoms with E-state index >= 15 is 0 Å². The third-order valence-corrected chi connectivity index (χ3v) is 2.87. The summed E-state index contributed by atoms with van der Waals surface area (Å²) in [6, 6.07) is 7.25. The molecular formula is C15H13F3N2O2. The highest BCUT2D eigenvalue weighted by molar-refractivity contribution is 5.89. The molecule has 116 valence electrons. The number of urea groups is 1. The first kappa shape index (κ1) is 15.8. The van der Waals surface area contributed by atoms with E-state index in [1.165, 1.54) is 18.2 Å². The van der Waals surface area contributed by atoms with E-state index in [4.69, 9.17) is 0 Å². The predicted octanol–water partition coefficient (Wildman–Crippen LogP) is 2.96. The fourth-order valence-electron chi connectivity index (χ4n) is 1.78. The van der Waals surface area contributed by atoms with Crippen LogP contribution in [0.5, 0.6) is 0 Å². The maximum Gasteiger partial charge on any atom is 0.319 e. The van der Waals surface area contributed by atoms with Gasteiger partial charge in [-0.2, -0.15) is 0 Å². The monoisotopic (exact) mass is 310 g/mol. The van der Waals surface area contributed by atoms with Crippen molar-refractivity contribution in [2.45, 2.75) is 6.10 Å². The Kier molecular flexibility index (Phi) is 5.00. The van der Waals surface area contributed by atoms with E-state index < -0.39 is 29.6 Å². The normalized spacial score (nSPS) is 11.8. The van der Waals surface area contributed by atoms with Gasteiger partial charge in [-0.15, -0.1) is 0 Å². The van der Waals surface area contributed by atoms with Gasteiger partial charge in [-0.3, -0.25) is 0 Å². The number of hydrogen-bond acceptors (Lipinski definition) is 2. The molecule has 0 aliphatic carbocycles. The van der Waals surface area contributed by atoms with Crippen molar-refractivity contribution in [1.82, 2.24) is 5.32 Å². The lowest BCUT2D eigenvalue weighted by Gasteiger charge is -2.13. The molecule has 0 unspecified atom stereocenters. The van der Waals surface area contributed by atoms with Crippen molar-refractivity contribution >= 4 is 11.7 Å². The number of rotatable bonds is 4. The van der Waals surface area contributed by atoms with Gasteiger partial charge >= 0.3 is 6.03 Å². The van der Waals surface area contributed by atoms with E-state index in [1.54, 1.807) is 0 Å². The first-order valence-electron chi connectivity index (χ1n) is 6.39. The molecule has 1 atom stereocenters. The molecule has 0 saturated heterocycles. The van der Waals surface area contributed by atoms with Crippen molar-refractivity contribution in [2.24, 2.45) is 0 Å². The van der Waals surface area contributed by atoms with E-state index in [-0.39, 0.29) is 12.2 Å². The summed E-state index contributed by atoms with van der Waals surface area (Å²) in [5.41, 5.74) is 0.104. The second-order valence-corrected chi connectivity index (χ2v) is 4.53. The molecule has 0 aromatic heterocycles. The molecule has 0 aliphatic heterocycles. The van der Waals surface area contributed by atoms with Crippen LogP contribution in [-0.2, 0) is 0 Å². The number of hydrogen-bond donors (Lipinski definition) is 3. The minimum Gasteiger partial charge on any atom is -0.387 e. The first-order chi connectivity index (χ1) is 10.5. The standard InChI is InChI=1S/C15H13F3N2O2/c16-10-3-1-2-9(6-10)14(21)8-19-15(22)20-13-5-4-11(17)7-12(13)18/h1-7,14,21H,8H2,(H2,19,20,22)/t14-/m0/s1. The highest BCUT2D eigenvalue weighted by Gasteiger charge is 2.12. The Labute approximate surface area is 124 Å². The number of amides is 2. The van der Waals surface area contributed by atoms with Crippen LogP contribution in [0.3, 0.4) is 0 Å². The van der Waals surface area contributed by atoms with Gasteiger partial charge in [-0.1, -0.05) is 12.1 Å². The number of nitrogens with one attached hydrogen (secondary N) is 2. The molecule has 0 saturated carbocycles. The van der Waals surface area contributed by atoms with E-state index in [0.717, 1.165) is 18.2 Å². The highest BCUT2D eigenvalue weighted by atomic mass is 19.1. The zero-order valence-electron chi connectivity index (χ0n) is 11.3. The zero-order chi connectivity index (χ0) is 16.1. The molecule has 7 heteroatoms. The Morgan fingerprint density at radius 3 is 2.50 bits per heavy atom.